The minimum atomic E-state index is 0.628. The van der Waals surface area contributed by atoms with Gasteiger partial charge in [0, 0.05) is 0 Å². The lowest BCUT2D eigenvalue weighted by atomic mass is 9.85. The van der Waals surface area contributed by atoms with Crippen LogP contribution in [0.2, 0.25) is 0 Å². The normalized spacial score (nSPS) is 11.5. The van der Waals surface area contributed by atoms with E-state index >= 15 is 0 Å². The van der Waals surface area contributed by atoms with Crippen LogP contribution in [0.3, 0.4) is 0 Å². The molecule has 0 bridgehead atoms. The monoisotopic (exact) mass is 1430 g/mol. The van der Waals surface area contributed by atoms with Gasteiger partial charge >= 0.3 is 0 Å². The molecule has 0 N–H and O–H groups in total. The molecule has 0 aromatic heterocycles. The minimum absolute atomic E-state index is 0.628. The third-order valence-corrected chi connectivity index (χ3v) is 23.8. The van der Waals surface area contributed by atoms with Crippen LogP contribution in [0, 0.1) is 145 Å². The Labute approximate surface area is 655 Å². The Morgan fingerprint density at radius 2 is 0.190 bits per heavy atom. The van der Waals surface area contributed by atoms with Crippen molar-refractivity contribution >= 4 is 0 Å². The van der Waals surface area contributed by atoms with Gasteiger partial charge in [-0.05, 0) is 423 Å². The van der Waals surface area contributed by atoms with Crippen LogP contribution >= 0.6 is 0 Å². The second-order valence-corrected chi connectivity index (χ2v) is 36.8. The van der Waals surface area contributed by atoms with Crippen molar-refractivity contribution in [3.8, 4) is 0 Å². The lowest BCUT2D eigenvalue weighted by molar-refractivity contribution is 0.816. The predicted molar refractivity (Wildman–Crippen MR) is 482 cm³/mol. The molecule has 0 atom stereocenters. The molecule has 0 aliphatic carbocycles. The van der Waals surface area contributed by atoms with E-state index in [0.717, 1.165) is 0 Å². The van der Waals surface area contributed by atoms with E-state index in [9.17, 15) is 0 Å². The average Bonchev–Trinajstić information content (AvgIpc) is 0.859. The van der Waals surface area contributed by atoms with Crippen LogP contribution in [0.1, 0.15) is 471 Å². The number of benzene rings is 7. The fourth-order valence-electron chi connectivity index (χ4n) is 18.4. The highest BCUT2D eigenvalue weighted by atomic mass is 14.3. The van der Waals surface area contributed by atoms with Gasteiger partial charge in [-0.25, -0.2) is 0 Å². The lowest BCUT2D eigenvalue weighted by Crippen LogP contribution is -2.03. The number of rotatable bonds is 14. The molecular formula is C105H168. The molecule has 0 nitrogen and oxygen atoms in total. The summed E-state index contributed by atoms with van der Waals surface area (Å²) in [5, 5.41) is 0. The summed E-state index contributed by atoms with van der Waals surface area (Å²) in [6.45, 7) is 111. The number of hydrogen-bond acceptors (Lipinski definition) is 0. The van der Waals surface area contributed by atoms with E-state index in [-0.39, 0.29) is 0 Å². The topological polar surface area (TPSA) is 0 Å². The third kappa shape index (κ3) is 25.3. The summed E-state index contributed by atoms with van der Waals surface area (Å²) in [5.41, 5.74) is 52.4. The van der Waals surface area contributed by atoms with E-state index < -0.39 is 0 Å². The largest absolute Gasteiger partial charge is 0.0587 e. The zero-order chi connectivity index (χ0) is 82.2. The van der Waals surface area contributed by atoms with Crippen molar-refractivity contribution in [3.63, 3.8) is 0 Å². The van der Waals surface area contributed by atoms with Gasteiger partial charge in [0.05, 0.1) is 0 Å². The predicted octanol–water partition coefficient (Wildman–Crippen LogP) is 34.0. The summed E-state index contributed by atoms with van der Waals surface area (Å²) in [5.74, 6) is 8.81. The maximum atomic E-state index is 2.38. The maximum Gasteiger partial charge on any atom is -0.0213 e. The van der Waals surface area contributed by atoms with Gasteiger partial charge in [0.15, 0.2) is 0 Å². The summed E-state index contributed by atoms with van der Waals surface area (Å²) in [6.07, 6.45) is 0. The lowest BCUT2D eigenvalue weighted by Gasteiger charge is -2.21. The van der Waals surface area contributed by atoms with E-state index in [2.05, 4.69) is 382 Å². The molecule has 0 fully saturated rings. The van der Waals surface area contributed by atoms with E-state index in [1.54, 1.807) is 0 Å². The first-order valence-corrected chi connectivity index (χ1v) is 41.7. The Morgan fingerprint density at radius 1 is 0.114 bits per heavy atom. The summed E-state index contributed by atoms with van der Waals surface area (Å²) in [7, 11) is 0. The molecule has 0 unspecified atom stereocenters. The van der Waals surface area contributed by atoms with Crippen LogP contribution in [0.5, 0.6) is 0 Å². The van der Waals surface area contributed by atoms with Crippen molar-refractivity contribution in [2.24, 2.45) is 0 Å². The summed E-state index contributed by atoms with van der Waals surface area (Å²) in [6, 6.07) is 16.6. The summed E-state index contributed by atoms with van der Waals surface area (Å²) < 4.78 is 0. The summed E-state index contributed by atoms with van der Waals surface area (Å²) >= 11 is 0. The third-order valence-electron chi connectivity index (χ3n) is 23.8. The number of aryl methyl sites for hydroxylation is 7. The molecule has 0 heteroatoms. The van der Waals surface area contributed by atoms with Crippen molar-refractivity contribution in [2.75, 3.05) is 0 Å². The van der Waals surface area contributed by atoms with Crippen LogP contribution in [-0.2, 0) is 0 Å². The molecule has 0 saturated heterocycles. The molecule has 7 aromatic rings. The second kappa shape index (κ2) is 42.5. The van der Waals surface area contributed by atoms with Gasteiger partial charge in [0.1, 0.15) is 0 Å². The number of hydrogen-bond donors (Lipinski definition) is 0. The smallest absolute Gasteiger partial charge is 0.0213 e. The zero-order valence-electron chi connectivity index (χ0n) is 78.6. The van der Waals surface area contributed by atoms with Crippen molar-refractivity contribution in [1.82, 2.24) is 0 Å². The van der Waals surface area contributed by atoms with Gasteiger partial charge in [-0.1, -0.05) is 236 Å². The standard InChI is InChI=1S/7C15H24/c7*1-9(2)14-8-11(5)15(10(3)4)13(7)12(14)6/h7*8-10H,1-7H3. The van der Waals surface area contributed by atoms with E-state index in [0.29, 0.717) is 82.9 Å². The highest BCUT2D eigenvalue weighted by Crippen LogP contribution is 2.39. The minimum Gasteiger partial charge on any atom is -0.0587 e. The first-order valence-electron chi connectivity index (χ1n) is 41.7. The Balaban J connectivity index is 0.000000612. The van der Waals surface area contributed by atoms with E-state index in [4.69, 9.17) is 0 Å². The van der Waals surface area contributed by atoms with Gasteiger partial charge in [0.2, 0.25) is 0 Å². The Morgan fingerprint density at radius 3 is 0.248 bits per heavy atom. The van der Waals surface area contributed by atoms with Crippen LogP contribution in [0.4, 0.5) is 0 Å². The molecule has 105 heavy (non-hydrogen) atoms. The van der Waals surface area contributed by atoms with Gasteiger partial charge < -0.3 is 0 Å². The SMILES string of the molecule is Cc1cc(C(C)C)c(C)c(C)c1C(C)C.Cc1cc(C(C)C)c(C)c(C)c1C(C)C.Cc1cc(C(C)C)c(C)c(C)c1C(C)C.Cc1cc(C(C)C)c(C)c(C)c1C(C)C.Cc1cc(C(C)C)c(C)c(C)c1C(C)C.Cc1cc(C(C)C)c(C)c(C)c1C(C)C.Cc1cc(C(C)C)c(C)c(C)c1C(C)C. The first-order chi connectivity index (χ1) is 48.0. The van der Waals surface area contributed by atoms with Crippen molar-refractivity contribution in [3.05, 3.63) is 237 Å². The van der Waals surface area contributed by atoms with Gasteiger partial charge in [-0.2, -0.15) is 0 Å². The van der Waals surface area contributed by atoms with Crippen molar-refractivity contribution in [2.45, 2.75) is 422 Å². The van der Waals surface area contributed by atoms with Gasteiger partial charge in [0.25, 0.3) is 0 Å². The van der Waals surface area contributed by atoms with E-state index in [1.165, 1.54) is 195 Å². The van der Waals surface area contributed by atoms with Crippen LogP contribution < -0.4 is 0 Å². The van der Waals surface area contributed by atoms with Crippen LogP contribution in [-0.4, -0.2) is 0 Å². The quantitative estimate of drug-likeness (QED) is 0.102. The Hall–Kier alpha value is -5.46. The zero-order valence-corrected chi connectivity index (χ0v) is 78.6. The summed E-state index contributed by atoms with van der Waals surface area (Å²) in [4.78, 5) is 0. The second-order valence-electron chi connectivity index (χ2n) is 36.8. The van der Waals surface area contributed by atoms with Crippen molar-refractivity contribution in [1.29, 1.82) is 0 Å². The highest BCUT2D eigenvalue weighted by molar-refractivity contribution is 5.53. The molecule has 0 radical (unpaired) electrons. The molecule has 0 aliphatic rings. The molecule has 7 rings (SSSR count). The molecule has 0 amide bonds. The molecule has 7 aromatic carbocycles. The molecular weight excluding hydrogens is 1260 g/mol. The van der Waals surface area contributed by atoms with Gasteiger partial charge in [-0.15, -0.1) is 0 Å². The van der Waals surface area contributed by atoms with Crippen LogP contribution in [0.15, 0.2) is 42.5 Å². The Kier molecular flexibility index (Phi) is 39.5. The molecule has 0 saturated carbocycles. The molecule has 0 spiro atoms. The Bertz CT molecular complexity index is 3220. The van der Waals surface area contributed by atoms with Crippen LogP contribution in [0.25, 0.3) is 0 Å². The average molecular weight is 1430 g/mol. The maximum absolute atomic E-state index is 2.38. The van der Waals surface area contributed by atoms with Gasteiger partial charge in [-0.3, -0.25) is 0 Å². The molecule has 0 heterocycles. The highest BCUT2D eigenvalue weighted by Gasteiger charge is 2.21. The fraction of sp³-hybridized carbons (Fsp3) is 0.600. The van der Waals surface area contributed by atoms with E-state index in [1.807, 2.05) is 0 Å². The fourth-order valence-corrected chi connectivity index (χ4v) is 18.4. The molecule has 588 valence electrons. The van der Waals surface area contributed by atoms with Crippen molar-refractivity contribution < 1.29 is 0 Å². The molecule has 0 aliphatic heterocycles. The first kappa shape index (κ1) is 97.6.